The second-order valence-electron chi connectivity index (χ2n) is 4.00. The van der Waals surface area contributed by atoms with Crippen molar-refractivity contribution in [2.45, 2.75) is 48.5 Å². The van der Waals surface area contributed by atoms with Crippen LogP contribution in [0.2, 0.25) is 0 Å². The van der Waals surface area contributed by atoms with E-state index in [0.29, 0.717) is 0 Å². The van der Waals surface area contributed by atoms with E-state index in [0.717, 1.165) is 0 Å². The van der Waals surface area contributed by atoms with Gasteiger partial charge in [0.05, 0.1) is 0 Å². The SMILES string of the molecule is CC.CC.Cc1c(F)cccc1F.Cc1ccc(C)cc1. The highest BCUT2D eigenvalue weighted by atomic mass is 19.1. The molecule has 0 nitrogen and oxygen atoms in total. The highest BCUT2D eigenvalue weighted by Gasteiger charge is 1.99. The maximum absolute atomic E-state index is 12.3. The lowest BCUT2D eigenvalue weighted by molar-refractivity contribution is 0.568. The summed E-state index contributed by atoms with van der Waals surface area (Å²) in [6.07, 6.45) is 0. The van der Waals surface area contributed by atoms with Crippen molar-refractivity contribution in [3.05, 3.63) is 70.8 Å². The molecule has 0 bridgehead atoms. The molecule has 21 heavy (non-hydrogen) atoms. The van der Waals surface area contributed by atoms with Gasteiger partial charge in [0.2, 0.25) is 0 Å². The third-order valence-corrected chi connectivity index (χ3v) is 2.42. The predicted molar refractivity (Wildman–Crippen MR) is 89.7 cm³/mol. The van der Waals surface area contributed by atoms with E-state index in [1.807, 2.05) is 27.7 Å². The van der Waals surface area contributed by atoms with Gasteiger partial charge in [-0.25, -0.2) is 8.78 Å². The summed E-state index contributed by atoms with van der Waals surface area (Å²) in [5.41, 5.74) is 2.74. The number of aryl methyl sites for hydroxylation is 2. The third kappa shape index (κ3) is 9.78. The Bertz CT molecular complexity index is 432. The van der Waals surface area contributed by atoms with Crippen molar-refractivity contribution in [1.29, 1.82) is 0 Å². The molecule has 2 heteroatoms. The van der Waals surface area contributed by atoms with Crippen LogP contribution in [0, 0.1) is 32.4 Å². The summed E-state index contributed by atoms with van der Waals surface area (Å²) in [5.74, 6) is -0.981. The summed E-state index contributed by atoms with van der Waals surface area (Å²) >= 11 is 0. The third-order valence-electron chi connectivity index (χ3n) is 2.42. The number of halogens is 2. The van der Waals surface area contributed by atoms with Gasteiger partial charge >= 0.3 is 0 Å². The van der Waals surface area contributed by atoms with Crippen molar-refractivity contribution in [1.82, 2.24) is 0 Å². The van der Waals surface area contributed by atoms with Gasteiger partial charge in [0.15, 0.2) is 0 Å². The Morgan fingerprint density at radius 2 is 0.857 bits per heavy atom. The van der Waals surface area contributed by atoms with Crippen LogP contribution in [-0.4, -0.2) is 0 Å². The molecule has 0 amide bonds. The maximum Gasteiger partial charge on any atom is 0.129 e. The number of benzene rings is 2. The minimum atomic E-state index is -0.491. The van der Waals surface area contributed by atoms with E-state index < -0.39 is 11.6 Å². The molecule has 0 saturated carbocycles. The lowest BCUT2D eigenvalue weighted by atomic mass is 10.2. The molecule has 0 aliphatic rings. The molecule has 0 unspecified atom stereocenters. The molecule has 118 valence electrons. The summed E-state index contributed by atoms with van der Waals surface area (Å²) in [5, 5.41) is 0. The van der Waals surface area contributed by atoms with Gasteiger partial charge in [-0.2, -0.15) is 0 Å². The van der Waals surface area contributed by atoms with Crippen LogP contribution in [0.25, 0.3) is 0 Å². The van der Waals surface area contributed by atoms with Crippen molar-refractivity contribution in [3.8, 4) is 0 Å². The van der Waals surface area contributed by atoms with Gasteiger partial charge in [-0.05, 0) is 32.9 Å². The topological polar surface area (TPSA) is 0 Å². The molecule has 2 aromatic carbocycles. The number of hydrogen-bond acceptors (Lipinski definition) is 0. The van der Waals surface area contributed by atoms with Crippen molar-refractivity contribution in [3.63, 3.8) is 0 Å². The molecule has 0 saturated heterocycles. The van der Waals surface area contributed by atoms with E-state index in [1.165, 1.54) is 36.2 Å². The van der Waals surface area contributed by atoms with Gasteiger partial charge in [0.25, 0.3) is 0 Å². The van der Waals surface area contributed by atoms with Crippen LogP contribution in [0.3, 0.4) is 0 Å². The van der Waals surface area contributed by atoms with Gasteiger partial charge in [-0.15, -0.1) is 0 Å². The average Bonchev–Trinajstić information content (AvgIpc) is 2.52. The van der Waals surface area contributed by atoms with Crippen LogP contribution < -0.4 is 0 Å². The summed E-state index contributed by atoms with van der Waals surface area (Å²) in [4.78, 5) is 0. The molecule has 0 atom stereocenters. The van der Waals surface area contributed by atoms with Gasteiger partial charge in [0, 0.05) is 5.56 Å². The van der Waals surface area contributed by atoms with Crippen molar-refractivity contribution < 1.29 is 8.78 Å². The first kappa shape index (κ1) is 21.6. The first-order valence-corrected chi connectivity index (χ1v) is 7.44. The van der Waals surface area contributed by atoms with E-state index in [9.17, 15) is 8.78 Å². The van der Waals surface area contributed by atoms with Gasteiger partial charge in [0.1, 0.15) is 11.6 Å². The second kappa shape index (κ2) is 13.3. The zero-order valence-corrected chi connectivity index (χ0v) is 14.3. The van der Waals surface area contributed by atoms with Crippen LogP contribution in [0.15, 0.2) is 42.5 Å². The second-order valence-corrected chi connectivity index (χ2v) is 4.00. The average molecular weight is 294 g/mol. The summed E-state index contributed by atoms with van der Waals surface area (Å²) in [6, 6.07) is 12.3. The van der Waals surface area contributed by atoms with Crippen molar-refractivity contribution in [2.24, 2.45) is 0 Å². The molecule has 0 aromatic heterocycles. The molecular formula is C19H28F2. The van der Waals surface area contributed by atoms with E-state index >= 15 is 0 Å². The Balaban J connectivity index is 0. The smallest absolute Gasteiger partial charge is 0.129 e. The fourth-order valence-corrected chi connectivity index (χ4v) is 1.22. The molecule has 0 heterocycles. The summed E-state index contributed by atoms with van der Waals surface area (Å²) < 4.78 is 24.7. The summed E-state index contributed by atoms with van der Waals surface area (Å²) in [7, 11) is 0. The Morgan fingerprint density at radius 1 is 0.571 bits per heavy atom. The van der Waals surface area contributed by atoms with Crippen molar-refractivity contribution in [2.75, 3.05) is 0 Å². The lowest BCUT2D eigenvalue weighted by Crippen LogP contribution is -1.85. The van der Waals surface area contributed by atoms with E-state index in [2.05, 4.69) is 38.1 Å². The first-order valence-electron chi connectivity index (χ1n) is 7.44. The van der Waals surface area contributed by atoms with E-state index in [4.69, 9.17) is 0 Å². The van der Waals surface area contributed by atoms with Gasteiger partial charge in [-0.1, -0.05) is 69.2 Å². The monoisotopic (exact) mass is 294 g/mol. The molecule has 0 aliphatic carbocycles. The molecule has 0 radical (unpaired) electrons. The van der Waals surface area contributed by atoms with E-state index in [-0.39, 0.29) is 5.56 Å². The molecule has 2 rings (SSSR count). The summed E-state index contributed by atoms with van der Waals surface area (Å²) in [6.45, 7) is 13.6. The largest absolute Gasteiger partial charge is 0.207 e. The van der Waals surface area contributed by atoms with Crippen LogP contribution >= 0.6 is 0 Å². The van der Waals surface area contributed by atoms with Crippen LogP contribution in [0.5, 0.6) is 0 Å². The molecule has 0 aliphatic heterocycles. The molecule has 0 spiro atoms. The minimum Gasteiger partial charge on any atom is -0.207 e. The highest BCUT2D eigenvalue weighted by molar-refractivity contribution is 5.19. The quantitative estimate of drug-likeness (QED) is 0.511. The van der Waals surface area contributed by atoms with Gasteiger partial charge in [-0.3, -0.25) is 0 Å². The predicted octanol–water partition coefficient (Wildman–Crippen LogP) is 6.63. The number of rotatable bonds is 0. The zero-order chi connectivity index (χ0) is 16.8. The normalized spacial score (nSPS) is 8.24. The maximum atomic E-state index is 12.3. The van der Waals surface area contributed by atoms with Crippen LogP contribution in [-0.2, 0) is 0 Å². The Kier molecular flexibility index (Phi) is 13.7. The van der Waals surface area contributed by atoms with E-state index in [1.54, 1.807) is 0 Å². The molecule has 0 fully saturated rings. The first-order chi connectivity index (χ1) is 10.0. The fraction of sp³-hybridized carbons (Fsp3) is 0.368. The standard InChI is InChI=1S/C8H10.C7H6F2.2C2H6/c1-7-3-5-8(2)6-4-7;1-5-6(8)3-2-4-7(5)9;2*1-2/h3-6H,1-2H3;2-4H,1H3;2*1-2H3. The Morgan fingerprint density at radius 3 is 1.10 bits per heavy atom. The molecule has 2 aromatic rings. The Hall–Kier alpha value is -1.70. The fourth-order valence-electron chi connectivity index (χ4n) is 1.22. The highest BCUT2D eigenvalue weighted by Crippen LogP contribution is 2.08. The molecular weight excluding hydrogens is 266 g/mol. The Labute approximate surface area is 128 Å². The van der Waals surface area contributed by atoms with Gasteiger partial charge < -0.3 is 0 Å². The lowest BCUT2D eigenvalue weighted by Gasteiger charge is -1.94. The molecule has 0 N–H and O–H groups in total. The van der Waals surface area contributed by atoms with Crippen LogP contribution in [0.4, 0.5) is 8.78 Å². The van der Waals surface area contributed by atoms with Crippen molar-refractivity contribution >= 4 is 0 Å². The zero-order valence-electron chi connectivity index (χ0n) is 14.3. The number of hydrogen-bond donors (Lipinski definition) is 0. The van der Waals surface area contributed by atoms with Crippen LogP contribution in [0.1, 0.15) is 44.4 Å². The minimum absolute atomic E-state index is 0.0810.